The van der Waals surface area contributed by atoms with Gasteiger partial charge in [-0.3, -0.25) is 4.98 Å². The van der Waals surface area contributed by atoms with Gasteiger partial charge in [0.2, 0.25) is 0 Å². The molecule has 0 saturated heterocycles. The molecule has 0 spiro atoms. The van der Waals surface area contributed by atoms with Crippen molar-refractivity contribution in [3.8, 4) is 0 Å². The van der Waals surface area contributed by atoms with Crippen molar-refractivity contribution < 1.29 is 0 Å². The van der Waals surface area contributed by atoms with E-state index in [1.165, 1.54) is 22.4 Å². The highest BCUT2D eigenvalue weighted by molar-refractivity contribution is 5.66. The van der Waals surface area contributed by atoms with Gasteiger partial charge in [-0.25, -0.2) is 9.97 Å². The van der Waals surface area contributed by atoms with Gasteiger partial charge in [-0.15, -0.1) is 0 Å². The highest BCUT2D eigenvalue weighted by atomic mass is 15.2. The van der Waals surface area contributed by atoms with E-state index < -0.39 is 0 Å². The number of anilines is 3. The van der Waals surface area contributed by atoms with Gasteiger partial charge >= 0.3 is 0 Å². The van der Waals surface area contributed by atoms with E-state index in [4.69, 9.17) is 0 Å². The lowest BCUT2D eigenvalue weighted by Gasteiger charge is -2.19. The summed E-state index contributed by atoms with van der Waals surface area (Å²) >= 11 is 0. The van der Waals surface area contributed by atoms with Crippen LogP contribution in [0.5, 0.6) is 0 Å². The number of nitrogens with one attached hydrogen (secondary N) is 1. The zero-order valence-electron chi connectivity index (χ0n) is 16.3. The number of rotatable bonds is 8. The highest BCUT2D eigenvalue weighted by Crippen LogP contribution is 2.26. The van der Waals surface area contributed by atoms with Crippen molar-refractivity contribution >= 4 is 17.3 Å². The number of benzene rings is 1. The second-order valence-corrected chi connectivity index (χ2v) is 6.57. The Balaban J connectivity index is 1.74. The van der Waals surface area contributed by atoms with Crippen LogP contribution in [0.15, 0.2) is 55.1 Å². The van der Waals surface area contributed by atoms with E-state index >= 15 is 0 Å². The fourth-order valence-corrected chi connectivity index (χ4v) is 3.12. The summed E-state index contributed by atoms with van der Waals surface area (Å²) in [6.45, 7) is 5.24. The normalized spacial score (nSPS) is 10.6. The molecular weight excluding hydrogens is 334 g/mol. The predicted octanol–water partition coefficient (Wildman–Crippen LogP) is 4.42. The number of aryl methyl sites for hydroxylation is 2. The van der Waals surface area contributed by atoms with Gasteiger partial charge in [0.25, 0.3) is 0 Å². The van der Waals surface area contributed by atoms with Crippen molar-refractivity contribution in [1.29, 1.82) is 0 Å². The molecule has 1 N–H and O–H groups in total. The summed E-state index contributed by atoms with van der Waals surface area (Å²) in [4.78, 5) is 15.1. The molecule has 0 radical (unpaired) electrons. The third kappa shape index (κ3) is 4.82. The molecule has 3 aromatic rings. The average Bonchev–Trinajstić information content (AvgIpc) is 2.73. The van der Waals surface area contributed by atoms with Crippen LogP contribution in [0.2, 0.25) is 0 Å². The second-order valence-electron chi connectivity index (χ2n) is 6.57. The van der Waals surface area contributed by atoms with Crippen LogP contribution in [0.4, 0.5) is 17.3 Å². The molecule has 0 aliphatic rings. The Bertz CT molecular complexity index is 841. The van der Waals surface area contributed by atoms with E-state index in [0.717, 1.165) is 37.4 Å². The molecule has 0 amide bonds. The molecule has 0 atom stereocenters. The molecule has 2 heterocycles. The maximum Gasteiger partial charge on any atom is 0.135 e. The lowest BCUT2D eigenvalue weighted by Crippen LogP contribution is -2.21. The number of likely N-dealkylation sites (N-methyl/N-ethyl adjacent to an activating group) is 1. The van der Waals surface area contributed by atoms with Crippen LogP contribution >= 0.6 is 0 Å². The molecule has 27 heavy (non-hydrogen) atoms. The summed E-state index contributed by atoms with van der Waals surface area (Å²) in [6, 6.07) is 12.6. The standard InChI is InChI=1S/C22H27N5/c1-4-18-7-6-8-19(5-2)22(18)26-20-15-21(25-16-24-20)27(3)14-11-17-9-12-23-13-10-17/h6-10,12-13,15-16H,4-5,11,14H2,1-3H3,(H,24,25,26). The monoisotopic (exact) mass is 361 g/mol. The lowest BCUT2D eigenvalue weighted by molar-refractivity contribution is 0.854. The second kappa shape index (κ2) is 9.12. The summed E-state index contributed by atoms with van der Waals surface area (Å²) in [5.74, 6) is 1.74. The zero-order chi connectivity index (χ0) is 19.1. The van der Waals surface area contributed by atoms with E-state index in [1.807, 2.05) is 18.5 Å². The first-order valence-electron chi connectivity index (χ1n) is 9.51. The van der Waals surface area contributed by atoms with Gasteiger partial charge in [0.05, 0.1) is 0 Å². The van der Waals surface area contributed by atoms with E-state index in [0.29, 0.717) is 0 Å². The Morgan fingerprint density at radius 3 is 2.33 bits per heavy atom. The van der Waals surface area contributed by atoms with Gasteiger partial charge in [0.1, 0.15) is 18.0 Å². The van der Waals surface area contributed by atoms with Gasteiger partial charge in [0.15, 0.2) is 0 Å². The molecule has 0 bridgehead atoms. The van der Waals surface area contributed by atoms with Crippen LogP contribution in [-0.4, -0.2) is 28.5 Å². The van der Waals surface area contributed by atoms with E-state index in [9.17, 15) is 0 Å². The van der Waals surface area contributed by atoms with Crippen molar-refractivity contribution in [2.24, 2.45) is 0 Å². The van der Waals surface area contributed by atoms with Crippen molar-refractivity contribution in [3.63, 3.8) is 0 Å². The number of para-hydroxylation sites is 1. The topological polar surface area (TPSA) is 53.9 Å². The van der Waals surface area contributed by atoms with E-state index in [2.05, 4.69) is 76.4 Å². The van der Waals surface area contributed by atoms with Gasteiger partial charge in [-0.1, -0.05) is 32.0 Å². The SMILES string of the molecule is CCc1cccc(CC)c1Nc1cc(N(C)CCc2ccncc2)ncn1. The molecule has 3 rings (SSSR count). The van der Waals surface area contributed by atoms with Crippen molar-refractivity contribution in [2.75, 3.05) is 23.8 Å². The maximum atomic E-state index is 4.44. The summed E-state index contributed by atoms with van der Waals surface area (Å²) in [5, 5.41) is 3.53. The first kappa shape index (κ1) is 18.8. The molecule has 0 saturated carbocycles. The molecule has 140 valence electrons. The third-order valence-electron chi connectivity index (χ3n) is 4.78. The van der Waals surface area contributed by atoms with Gasteiger partial charge in [0, 0.05) is 37.7 Å². The Morgan fingerprint density at radius 1 is 0.963 bits per heavy atom. The fraction of sp³-hybridized carbons (Fsp3) is 0.318. The minimum Gasteiger partial charge on any atom is -0.359 e. The molecular formula is C22H27N5. The van der Waals surface area contributed by atoms with E-state index in [-0.39, 0.29) is 0 Å². The number of aromatic nitrogens is 3. The summed E-state index contributed by atoms with van der Waals surface area (Å²) in [5.41, 5.74) is 5.06. The first-order valence-corrected chi connectivity index (χ1v) is 9.51. The minimum atomic E-state index is 0.825. The lowest BCUT2D eigenvalue weighted by atomic mass is 10.0. The average molecular weight is 361 g/mol. The largest absolute Gasteiger partial charge is 0.359 e. The summed E-state index contributed by atoms with van der Waals surface area (Å²) < 4.78 is 0. The molecule has 5 nitrogen and oxygen atoms in total. The summed E-state index contributed by atoms with van der Waals surface area (Å²) in [6.07, 6.45) is 8.21. The minimum absolute atomic E-state index is 0.825. The van der Waals surface area contributed by atoms with Crippen molar-refractivity contribution in [3.05, 3.63) is 71.8 Å². The third-order valence-corrected chi connectivity index (χ3v) is 4.78. The van der Waals surface area contributed by atoms with Crippen molar-refractivity contribution in [2.45, 2.75) is 33.1 Å². The Hall–Kier alpha value is -2.95. The highest BCUT2D eigenvalue weighted by Gasteiger charge is 2.09. The maximum absolute atomic E-state index is 4.44. The molecule has 0 unspecified atom stereocenters. The van der Waals surface area contributed by atoms with Gasteiger partial charge < -0.3 is 10.2 Å². The molecule has 0 aliphatic carbocycles. The quantitative estimate of drug-likeness (QED) is 0.644. The number of pyridine rings is 1. The van der Waals surface area contributed by atoms with E-state index in [1.54, 1.807) is 6.33 Å². The predicted molar refractivity (Wildman–Crippen MR) is 112 cm³/mol. The molecule has 1 aromatic carbocycles. The van der Waals surface area contributed by atoms with Crippen molar-refractivity contribution in [1.82, 2.24) is 15.0 Å². The van der Waals surface area contributed by atoms with Crippen LogP contribution in [0, 0.1) is 0 Å². The molecule has 0 fully saturated rings. The smallest absolute Gasteiger partial charge is 0.135 e. The van der Waals surface area contributed by atoms with Gasteiger partial charge in [-0.2, -0.15) is 0 Å². The van der Waals surface area contributed by atoms with Crippen LogP contribution in [-0.2, 0) is 19.3 Å². The van der Waals surface area contributed by atoms with Crippen LogP contribution in [0.1, 0.15) is 30.5 Å². The Labute approximate surface area is 161 Å². The molecule has 0 aliphatic heterocycles. The molecule has 2 aromatic heterocycles. The van der Waals surface area contributed by atoms with Gasteiger partial charge in [-0.05, 0) is 48.1 Å². The molecule has 5 heteroatoms. The van der Waals surface area contributed by atoms with Crippen LogP contribution in [0.3, 0.4) is 0 Å². The van der Waals surface area contributed by atoms with Crippen LogP contribution < -0.4 is 10.2 Å². The zero-order valence-corrected chi connectivity index (χ0v) is 16.3. The number of hydrogen-bond acceptors (Lipinski definition) is 5. The Kier molecular flexibility index (Phi) is 6.36. The number of nitrogens with zero attached hydrogens (tertiary/aromatic N) is 4. The first-order chi connectivity index (χ1) is 13.2. The Morgan fingerprint density at radius 2 is 1.67 bits per heavy atom. The number of hydrogen-bond donors (Lipinski definition) is 1. The summed E-state index contributed by atoms with van der Waals surface area (Å²) in [7, 11) is 2.06. The van der Waals surface area contributed by atoms with Crippen LogP contribution in [0.25, 0.3) is 0 Å². The fourth-order valence-electron chi connectivity index (χ4n) is 3.12.